The Hall–Kier alpha value is -2.76. The molecule has 0 N–H and O–H groups in total. The molecule has 6 rings (SSSR count). The average Bonchev–Trinajstić information content (AvgIpc) is 3.59. The van der Waals surface area contributed by atoms with Crippen LogP contribution in [0.25, 0.3) is 0 Å². The van der Waals surface area contributed by atoms with Crippen LogP contribution in [0.1, 0.15) is 53.6 Å². The molecule has 1 saturated heterocycles. The van der Waals surface area contributed by atoms with Gasteiger partial charge in [0.25, 0.3) is 0 Å². The number of Topliss-reactive ketones (excluding diaryl/α,β-unsaturated/α-hetero) is 1. The Bertz CT molecular complexity index is 1010. The van der Waals surface area contributed by atoms with Crippen molar-refractivity contribution < 1.29 is 23.9 Å². The number of hydrogen-bond acceptors (Lipinski definition) is 5. The fourth-order valence-electron chi connectivity index (χ4n) is 6.17. The van der Waals surface area contributed by atoms with E-state index in [9.17, 15) is 19.2 Å². The third kappa shape index (κ3) is 3.94. The molecule has 2 amide bonds. The van der Waals surface area contributed by atoms with Crippen molar-refractivity contribution in [3.63, 3.8) is 0 Å². The number of nitrogens with zero attached hydrogens (tertiary/aromatic N) is 1. The predicted octanol–water partition coefficient (Wildman–Crippen LogP) is 3.64. The van der Waals surface area contributed by atoms with Crippen molar-refractivity contribution in [2.24, 2.45) is 35.5 Å². The van der Waals surface area contributed by atoms with Crippen LogP contribution in [0.4, 0.5) is 0 Å². The molecular formula is C27H31NO5. The molecule has 4 aliphatic carbocycles. The Kier molecular flexibility index (Phi) is 5.71. The molecule has 1 aliphatic heterocycles. The minimum Gasteiger partial charge on any atom is -0.457 e. The molecule has 0 aromatic heterocycles. The average molecular weight is 450 g/mol. The summed E-state index contributed by atoms with van der Waals surface area (Å²) < 4.78 is 5.14. The van der Waals surface area contributed by atoms with Gasteiger partial charge in [-0.2, -0.15) is 0 Å². The normalized spacial score (nSPS) is 30.9. The summed E-state index contributed by atoms with van der Waals surface area (Å²) in [6.45, 7) is 4.10. The highest BCUT2D eigenvalue weighted by Gasteiger charge is 2.66. The monoisotopic (exact) mass is 449 g/mol. The Balaban J connectivity index is 1.02. The van der Waals surface area contributed by atoms with Crippen molar-refractivity contribution in [2.45, 2.75) is 46.0 Å². The smallest absolute Gasteiger partial charge is 0.306 e. The van der Waals surface area contributed by atoms with E-state index in [1.807, 2.05) is 26.0 Å². The van der Waals surface area contributed by atoms with E-state index in [2.05, 4.69) is 12.2 Å². The highest BCUT2D eigenvalue weighted by molar-refractivity contribution is 6.06. The number of imide groups is 1. The summed E-state index contributed by atoms with van der Waals surface area (Å²) in [5, 5.41) is 0. The van der Waals surface area contributed by atoms with Crippen molar-refractivity contribution >= 4 is 23.6 Å². The number of carbonyl (C=O) groups excluding carboxylic acids is 4. The van der Waals surface area contributed by atoms with Crippen LogP contribution < -0.4 is 0 Å². The number of rotatable bonds is 9. The van der Waals surface area contributed by atoms with Crippen LogP contribution in [0.15, 0.2) is 30.4 Å². The van der Waals surface area contributed by atoms with Gasteiger partial charge in [-0.15, -0.1) is 0 Å². The maximum Gasteiger partial charge on any atom is 0.306 e. The van der Waals surface area contributed by atoms with Gasteiger partial charge in [0.15, 0.2) is 12.4 Å². The van der Waals surface area contributed by atoms with Crippen molar-refractivity contribution in [1.29, 1.82) is 0 Å². The van der Waals surface area contributed by atoms with Crippen LogP contribution in [-0.4, -0.2) is 41.6 Å². The highest BCUT2D eigenvalue weighted by Crippen LogP contribution is 2.65. The first-order chi connectivity index (χ1) is 15.9. The van der Waals surface area contributed by atoms with Crippen LogP contribution in [0.5, 0.6) is 0 Å². The molecular weight excluding hydrogens is 418 g/mol. The number of allylic oxidation sites excluding steroid dienone is 2. The number of carbonyl (C=O) groups is 4. The summed E-state index contributed by atoms with van der Waals surface area (Å²) in [5.74, 6) is 0.894. The van der Waals surface area contributed by atoms with Gasteiger partial charge in [-0.05, 0) is 74.0 Å². The molecule has 0 spiro atoms. The molecule has 2 saturated carbocycles. The molecule has 0 unspecified atom stereocenters. The minimum atomic E-state index is -0.395. The van der Waals surface area contributed by atoms with Crippen molar-refractivity contribution in [3.8, 4) is 0 Å². The molecule has 0 radical (unpaired) electrons. The van der Waals surface area contributed by atoms with Crippen molar-refractivity contribution in [2.75, 3.05) is 13.2 Å². The van der Waals surface area contributed by atoms with Gasteiger partial charge in [-0.1, -0.05) is 30.7 Å². The standard InChI is InChI=1S/C27H31NO5/c1-15-7-8-17(12-16(15)2)22(29)14-33-23(30)6-4-3-5-11-28-26(31)24-18-9-10-19(21-13-20(18)21)25(24)27(28)32/h7-10,12,18-21,24-25H,3-6,11,13-14H2,1-2H3/t18-,19-,20-,21+,24-,25+/m0/s1. The summed E-state index contributed by atoms with van der Waals surface area (Å²) in [4.78, 5) is 51.6. The fourth-order valence-corrected chi connectivity index (χ4v) is 6.17. The van der Waals surface area contributed by atoms with Gasteiger partial charge < -0.3 is 4.74 Å². The predicted molar refractivity (Wildman–Crippen MR) is 121 cm³/mol. The first-order valence-electron chi connectivity index (χ1n) is 12.2. The number of ketones is 1. The zero-order valence-corrected chi connectivity index (χ0v) is 19.3. The van der Waals surface area contributed by atoms with E-state index in [0.717, 1.165) is 17.5 Å². The molecule has 174 valence electrons. The number of likely N-dealkylation sites (tertiary alicyclic amines) is 1. The van der Waals surface area contributed by atoms with E-state index in [-0.39, 0.29) is 54.3 Å². The summed E-state index contributed by atoms with van der Waals surface area (Å²) in [6, 6.07) is 5.45. The van der Waals surface area contributed by atoms with E-state index in [0.29, 0.717) is 36.8 Å². The van der Waals surface area contributed by atoms with Gasteiger partial charge >= 0.3 is 5.97 Å². The van der Waals surface area contributed by atoms with Gasteiger partial charge in [-0.3, -0.25) is 24.1 Å². The molecule has 1 heterocycles. The lowest BCUT2D eigenvalue weighted by Gasteiger charge is -2.37. The lowest BCUT2D eigenvalue weighted by atomic mass is 9.63. The lowest BCUT2D eigenvalue weighted by molar-refractivity contribution is -0.143. The summed E-state index contributed by atoms with van der Waals surface area (Å²) in [6.07, 6.45) is 7.78. The molecule has 2 bridgehead atoms. The first-order valence-corrected chi connectivity index (χ1v) is 12.2. The summed E-state index contributed by atoms with van der Waals surface area (Å²) in [7, 11) is 0. The topological polar surface area (TPSA) is 80.8 Å². The third-order valence-electron chi connectivity index (χ3n) is 8.21. The van der Waals surface area contributed by atoms with E-state index in [1.54, 1.807) is 6.07 Å². The minimum absolute atomic E-state index is 0.0129. The molecule has 33 heavy (non-hydrogen) atoms. The SMILES string of the molecule is Cc1ccc(C(=O)COC(=O)CCCCCN2C(=O)[C@@H]3[C@H]4C=C[C@@H]([C@@H]5C[C@H]45)[C@@H]3C2=O)cc1C. The lowest BCUT2D eigenvalue weighted by Crippen LogP contribution is -2.40. The number of unbranched alkanes of at least 4 members (excludes halogenated alkanes) is 2. The first kappa shape index (κ1) is 22.1. The van der Waals surface area contributed by atoms with Crippen molar-refractivity contribution in [1.82, 2.24) is 4.90 Å². The maximum absolute atomic E-state index is 12.9. The van der Waals surface area contributed by atoms with Crippen LogP contribution in [0.3, 0.4) is 0 Å². The van der Waals surface area contributed by atoms with Gasteiger partial charge in [0.05, 0.1) is 11.8 Å². The van der Waals surface area contributed by atoms with Gasteiger partial charge in [0.1, 0.15) is 0 Å². The molecule has 1 aromatic rings. The number of ether oxygens (including phenoxy) is 1. The van der Waals surface area contributed by atoms with E-state index < -0.39 is 5.97 Å². The molecule has 6 atom stereocenters. The van der Waals surface area contributed by atoms with Crippen LogP contribution >= 0.6 is 0 Å². The number of benzene rings is 1. The van der Waals surface area contributed by atoms with Crippen LogP contribution in [-0.2, 0) is 19.1 Å². The van der Waals surface area contributed by atoms with Crippen LogP contribution in [0.2, 0.25) is 0 Å². The Morgan fingerprint density at radius 3 is 2.24 bits per heavy atom. The number of aryl methyl sites for hydroxylation is 2. The Labute approximate surface area is 194 Å². The molecule has 3 fully saturated rings. The second-order valence-electron chi connectivity index (χ2n) is 10.2. The summed E-state index contributed by atoms with van der Waals surface area (Å²) in [5.41, 5.74) is 2.69. The fraction of sp³-hybridized carbons (Fsp3) is 0.556. The quantitative estimate of drug-likeness (QED) is 0.189. The molecule has 5 aliphatic rings. The van der Waals surface area contributed by atoms with E-state index in [1.165, 1.54) is 11.3 Å². The Morgan fingerprint density at radius 2 is 1.61 bits per heavy atom. The van der Waals surface area contributed by atoms with Gasteiger partial charge in [-0.25, -0.2) is 0 Å². The number of esters is 1. The Morgan fingerprint density at radius 1 is 0.939 bits per heavy atom. The maximum atomic E-state index is 12.9. The van der Waals surface area contributed by atoms with Crippen LogP contribution in [0, 0.1) is 49.4 Å². The van der Waals surface area contributed by atoms with E-state index >= 15 is 0 Å². The van der Waals surface area contributed by atoms with Gasteiger partial charge in [0.2, 0.25) is 11.8 Å². The number of hydrogen-bond donors (Lipinski definition) is 0. The zero-order valence-electron chi connectivity index (χ0n) is 19.3. The largest absolute Gasteiger partial charge is 0.457 e. The van der Waals surface area contributed by atoms with E-state index in [4.69, 9.17) is 4.74 Å². The number of amides is 2. The molecule has 1 aromatic carbocycles. The third-order valence-corrected chi connectivity index (χ3v) is 8.21. The summed E-state index contributed by atoms with van der Waals surface area (Å²) >= 11 is 0. The second-order valence-corrected chi connectivity index (χ2v) is 10.2. The molecule has 6 heteroatoms. The zero-order chi connectivity index (χ0) is 23.3. The van der Waals surface area contributed by atoms with Crippen molar-refractivity contribution in [3.05, 3.63) is 47.0 Å². The second kappa shape index (κ2) is 8.54. The molecule has 6 nitrogen and oxygen atoms in total. The highest BCUT2D eigenvalue weighted by atomic mass is 16.5. The van der Waals surface area contributed by atoms with Gasteiger partial charge in [0, 0.05) is 18.5 Å².